The van der Waals surface area contributed by atoms with Crippen molar-refractivity contribution >= 4 is 34.2 Å². The molecular weight excluding hydrogens is 316 g/mol. The fourth-order valence-electron chi connectivity index (χ4n) is 2.34. The summed E-state index contributed by atoms with van der Waals surface area (Å²) < 4.78 is 21.1. The first kappa shape index (κ1) is 14.4. The molecule has 2 heterocycles. The largest absolute Gasteiger partial charge is 0.444 e. The van der Waals surface area contributed by atoms with Crippen LogP contribution in [0.5, 0.6) is 0 Å². The molecule has 0 N–H and O–H groups in total. The Bertz CT molecular complexity index is 812. The molecule has 0 bridgehead atoms. The summed E-state index contributed by atoms with van der Waals surface area (Å²) in [5, 5.41) is 0.0351. The number of nitrogens with zero attached hydrogens (tertiary/aromatic N) is 3. The van der Waals surface area contributed by atoms with Crippen LogP contribution in [0.2, 0.25) is 5.02 Å². The van der Waals surface area contributed by atoms with E-state index in [0.717, 1.165) is 0 Å². The number of halogens is 3. The number of benzene rings is 1. The molecule has 1 atom stereocenters. The van der Waals surface area contributed by atoms with Crippen molar-refractivity contribution in [2.75, 3.05) is 0 Å². The fourth-order valence-corrected chi connectivity index (χ4v) is 2.69. The molecule has 21 heavy (non-hydrogen) atoms. The molecule has 2 aromatic heterocycles. The zero-order valence-electron chi connectivity index (χ0n) is 11.4. The van der Waals surface area contributed by atoms with Crippen LogP contribution < -0.4 is 0 Å². The minimum absolute atomic E-state index is 0.0351. The minimum atomic E-state index is -0.498. The zero-order valence-corrected chi connectivity index (χ0v) is 12.9. The van der Waals surface area contributed by atoms with Crippen LogP contribution in [0.3, 0.4) is 0 Å². The number of imidazole rings is 1. The smallest absolute Gasteiger partial charge is 0.217 e. The maximum Gasteiger partial charge on any atom is 0.217 e. The number of aryl methyl sites for hydroxylation is 1. The second kappa shape index (κ2) is 5.31. The van der Waals surface area contributed by atoms with Crippen LogP contribution in [0.15, 0.2) is 22.7 Å². The number of alkyl halides is 1. The lowest BCUT2D eigenvalue weighted by molar-refractivity contribution is 0.415. The minimum Gasteiger partial charge on any atom is -0.444 e. The van der Waals surface area contributed by atoms with Crippen LogP contribution in [0, 0.1) is 12.7 Å². The van der Waals surface area contributed by atoms with Gasteiger partial charge in [0.25, 0.3) is 0 Å². The van der Waals surface area contributed by atoms with Crippen LogP contribution >= 0.6 is 23.2 Å². The molecule has 0 saturated heterocycles. The Hall–Kier alpha value is -1.59. The molecule has 0 aliphatic rings. The Balaban J connectivity index is 2.22. The van der Waals surface area contributed by atoms with Gasteiger partial charge in [0.2, 0.25) is 5.89 Å². The van der Waals surface area contributed by atoms with E-state index in [9.17, 15) is 4.39 Å². The van der Waals surface area contributed by atoms with Gasteiger partial charge in [-0.15, -0.1) is 11.6 Å². The number of hydrogen-bond donors (Lipinski definition) is 0. The zero-order chi connectivity index (χ0) is 15.1. The summed E-state index contributed by atoms with van der Waals surface area (Å²) >= 11 is 11.8. The second-order valence-corrected chi connectivity index (χ2v) is 5.45. The molecule has 0 aliphatic carbocycles. The lowest BCUT2D eigenvalue weighted by atomic mass is 10.2. The number of oxazole rings is 1. The van der Waals surface area contributed by atoms with Gasteiger partial charge in [0.1, 0.15) is 23.4 Å². The highest BCUT2D eigenvalue weighted by molar-refractivity contribution is 6.31. The van der Waals surface area contributed by atoms with Crippen molar-refractivity contribution in [1.29, 1.82) is 0 Å². The summed E-state index contributed by atoms with van der Waals surface area (Å²) in [6.45, 7) is 3.71. The number of hydrogen-bond acceptors (Lipinski definition) is 3. The summed E-state index contributed by atoms with van der Waals surface area (Å²) in [4.78, 5) is 8.61. The molecule has 110 valence electrons. The number of aromatic nitrogens is 3. The highest BCUT2D eigenvalue weighted by atomic mass is 35.5. The molecule has 4 nitrogen and oxygen atoms in total. The van der Waals surface area contributed by atoms with Crippen LogP contribution in [0.4, 0.5) is 4.39 Å². The molecule has 0 radical (unpaired) electrons. The third kappa shape index (κ3) is 2.40. The molecule has 0 spiro atoms. The molecular formula is C14H12Cl2FN3O. The van der Waals surface area contributed by atoms with E-state index in [1.807, 2.05) is 18.4 Å². The average molecular weight is 328 g/mol. The first-order chi connectivity index (χ1) is 10.0. The van der Waals surface area contributed by atoms with Crippen LogP contribution in [0.1, 0.15) is 30.4 Å². The van der Waals surface area contributed by atoms with Gasteiger partial charge in [0.15, 0.2) is 0 Å². The Labute approximate surface area is 130 Å². The first-order valence-electron chi connectivity index (χ1n) is 6.35. The van der Waals surface area contributed by atoms with Crippen LogP contribution in [0.25, 0.3) is 11.0 Å². The van der Waals surface area contributed by atoms with E-state index in [1.54, 1.807) is 6.20 Å². The van der Waals surface area contributed by atoms with E-state index in [0.29, 0.717) is 28.5 Å². The third-order valence-electron chi connectivity index (χ3n) is 3.31. The highest BCUT2D eigenvalue weighted by Crippen LogP contribution is 2.29. The second-order valence-electron chi connectivity index (χ2n) is 4.77. The molecule has 0 amide bonds. The van der Waals surface area contributed by atoms with Gasteiger partial charge in [0, 0.05) is 6.07 Å². The molecule has 0 saturated carbocycles. The summed E-state index contributed by atoms with van der Waals surface area (Å²) in [7, 11) is 0. The lowest BCUT2D eigenvalue weighted by Crippen LogP contribution is -2.10. The van der Waals surface area contributed by atoms with Crippen LogP contribution in [-0.4, -0.2) is 14.5 Å². The predicted octanol–water partition coefficient (Wildman–Crippen LogP) is 4.47. The Morgan fingerprint density at radius 2 is 2.19 bits per heavy atom. The molecule has 0 aliphatic heterocycles. The third-order valence-corrected chi connectivity index (χ3v) is 3.84. The van der Waals surface area contributed by atoms with Gasteiger partial charge in [-0.25, -0.2) is 14.4 Å². The maximum absolute atomic E-state index is 13.8. The number of fused-ring (bicyclic) bond motifs is 1. The summed E-state index contributed by atoms with van der Waals surface area (Å²) in [5.74, 6) is 1.54. The summed E-state index contributed by atoms with van der Waals surface area (Å²) in [6, 6.07) is 2.59. The van der Waals surface area contributed by atoms with E-state index in [1.165, 1.54) is 12.1 Å². The van der Waals surface area contributed by atoms with E-state index in [-0.39, 0.29) is 16.9 Å². The molecule has 3 aromatic rings. The summed E-state index contributed by atoms with van der Waals surface area (Å²) in [6.07, 6.45) is 1.64. The quantitative estimate of drug-likeness (QED) is 0.666. The number of rotatable bonds is 3. The lowest BCUT2D eigenvalue weighted by Gasteiger charge is -2.13. The van der Waals surface area contributed by atoms with Gasteiger partial charge < -0.3 is 8.98 Å². The van der Waals surface area contributed by atoms with E-state index >= 15 is 0 Å². The van der Waals surface area contributed by atoms with E-state index in [2.05, 4.69) is 9.97 Å². The van der Waals surface area contributed by atoms with Crippen molar-refractivity contribution in [1.82, 2.24) is 14.5 Å². The monoisotopic (exact) mass is 327 g/mol. The standard InChI is InChI=1S/C14H12Cl2FN3O/c1-7-6-18-14(21-7)8(2)20-12-4-10(17)9(16)3-11(12)19-13(20)5-15/h3-4,6,8H,5H2,1-2H3. The Kier molecular flexibility index (Phi) is 3.63. The van der Waals surface area contributed by atoms with E-state index in [4.69, 9.17) is 27.6 Å². The van der Waals surface area contributed by atoms with Gasteiger partial charge in [-0.1, -0.05) is 11.6 Å². The predicted molar refractivity (Wildman–Crippen MR) is 79.3 cm³/mol. The van der Waals surface area contributed by atoms with Gasteiger partial charge in [0.05, 0.1) is 28.1 Å². The van der Waals surface area contributed by atoms with Crippen molar-refractivity contribution in [2.45, 2.75) is 25.8 Å². The molecule has 3 rings (SSSR count). The maximum atomic E-state index is 13.8. The first-order valence-corrected chi connectivity index (χ1v) is 7.26. The van der Waals surface area contributed by atoms with Gasteiger partial charge in [-0.05, 0) is 19.9 Å². The van der Waals surface area contributed by atoms with Gasteiger partial charge in [-0.3, -0.25) is 0 Å². The van der Waals surface area contributed by atoms with Gasteiger partial charge >= 0.3 is 0 Å². The Morgan fingerprint density at radius 1 is 1.43 bits per heavy atom. The molecule has 0 fully saturated rings. The van der Waals surface area contributed by atoms with Crippen molar-refractivity contribution in [3.63, 3.8) is 0 Å². The topological polar surface area (TPSA) is 43.9 Å². The van der Waals surface area contributed by atoms with Crippen molar-refractivity contribution in [3.05, 3.63) is 46.6 Å². The SMILES string of the molecule is Cc1cnc(C(C)n2c(CCl)nc3cc(Cl)c(F)cc32)o1. The molecule has 1 unspecified atom stereocenters. The van der Waals surface area contributed by atoms with Crippen molar-refractivity contribution in [2.24, 2.45) is 0 Å². The molecule has 1 aromatic carbocycles. The summed E-state index contributed by atoms with van der Waals surface area (Å²) in [5.41, 5.74) is 1.20. The fraction of sp³-hybridized carbons (Fsp3) is 0.286. The normalized spacial score (nSPS) is 13.0. The van der Waals surface area contributed by atoms with Crippen LogP contribution in [-0.2, 0) is 5.88 Å². The van der Waals surface area contributed by atoms with E-state index < -0.39 is 5.82 Å². The molecule has 7 heteroatoms. The van der Waals surface area contributed by atoms with Crippen molar-refractivity contribution in [3.8, 4) is 0 Å². The average Bonchev–Trinajstić information content (AvgIpc) is 3.02. The highest BCUT2D eigenvalue weighted by Gasteiger charge is 2.21. The van der Waals surface area contributed by atoms with Gasteiger partial charge in [-0.2, -0.15) is 0 Å². The van der Waals surface area contributed by atoms with Crippen molar-refractivity contribution < 1.29 is 8.81 Å². The Morgan fingerprint density at radius 3 is 2.81 bits per heavy atom.